The molecule has 56 valence electrons. The lowest BCUT2D eigenvalue weighted by molar-refractivity contribution is 0.108. The summed E-state index contributed by atoms with van der Waals surface area (Å²) in [5.74, 6) is 0. The van der Waals surface area contributed by atoms with Gasteiger partial charge in [0.25, 0.3) is 0 Å². The molecule has 1 N–H and O–H groups in total. The van der Waals surface area contributed by atoms with Crippen molar-refractivity contribution in [1.82, 2.24) is 4.98 Å². The fourth-order valence-electron chi connectivity index (χ4n) is 1.28. The Balaban J connectivity index is 2.79. The van der Waals surface area contributed by atoms with Crippen LogP contribution in [0.2, 0.25) is 0 Å². The third kappa shape index (κ3) is 0.943. The number of nitrogens with one attached hydrogen (secondary N) is 1. The third-order valence-electron chi connectivity index (χ3n) is 1.85. The van der Waals surface area contributed by atoms with Crippen molar-refractivity contribution < 1.29 is 4.79 Å². The zero-order valence-electron chi connectivity index (χ0n) is 6.37. The number of carbonyl (C=O) groups excluding carboxylic acids is 1. The minimum Gasteiger partial charge on any atom is -0.360 e. The first kappa shape index (κ1) is 7.16. The van der Waals surface area contributed by atoms with Crippen LogP contribution in [0.1, 0.15) is 10.4 Å². The molecule has 1 aromatic carbocycles. The average Bonchev–Trinajstić information content (AvgIpc) is 2.47. The Labute approximate surface area is 71.0 Å². The number of hydrogen-bond donors (Lipinski definition) is 1. The molecule has 0 aliphatic rings. The molecule has 0 amide bonds. The summed E-state index contributed by atoms with van der Waals surface area (Å²) in [6.45, 7) is 0. The first-order valence-electron chi connectivity index (χ1n) is 3.65. The molecule has 12 heavy (non-hydrogen) atoms. The number of rotatable bonds is 1. The molecule has 2 nitrogen and oxygen atoms in total. The first-order chi connectivity index (χ1) is 5.79. The van der Waals surface area contributed by atoms with Crippen molar-refractivity contribution >= 4 is 24.4 Å². The lowest BCUT2D eigenvalue weighted by Crippen LogP contribution is -1.94. The molecule has 3 heteroatoms. The van der Waals surface area contributed by atoms with Gasteiger partial charge in [-0.1, -0.05) is 18.2 Å². The van der Waals surface area contributed by atoms with Crippen LogP contribution in [-0.2, 0) is 0 Å². The van der Waals surface area contributed by atoms with Gasteiger partial charge in [-0.2, -0.15) is 0 Å². The lowest BCUT2D eigenvalue weighted by atomic mass is 9.95. The molecule has 0 saturated heterocycles. The maximum absolute atomic E-state index is 10.9. The van der Waals surface area contributed by atoms with E-state index in [2.05, 4.69) is 4.98 Å². The highest BCUT2D eigenvalue weighted by molar-refractivity contribution is 6.63. The SMILES string of the molecule is [B]C(=O)c1c[nH]c2ccccc12. The molecule has 0 fully saturated rings. The number of carbonyl (C=O) groups is 1. The number of fused-ring (bicyclic) bond motifs is 1. The van der Waals surface area contributed by atoms with Gasteiger partial charge in [-0.25, -0.2) is 0 Å². The van der Waals surface area contributed by atoms with Gasteiger partial charge in [-0.3, -0.25) is 0 Å². The van der Waals surface area contributed by atoms with Crippen LogP contribution in [0, 0.1) is 0 Å². The Morgan fingerprint density at radius 1 is 1.33 bits per heavy atom. The van der Waals surface area contributed by atoms with Crippen LogP contribution in [0.25, 0.3) is 10.9 Å². The topological polar surface area (TPSA) is 32.9 Å². The Bertz CT molecular complexity index is 433. The van der Waals surface area contributed by atoms with Crippen LogP contribution in [0.3, 0.4) is 0 Å². The van der Waals surface area contributed by atoms with Crippen molar-refractivity contribution in [2.75, 3.05) is 0 Å². The van der Waals surface area contributed by atoms with E-state index in [-0.39, 0.29) is 0 Å². The van der Waals surface area contributed by atoms with Crippen LogP contribution >= 0.6 is 0 Å². The van der Waals surface area contributed by atoms with Gasteiger partial charge in [0.1, 0.15) is 5.68 Å². The molecule has 2 rings (SSSR count). The summed E-state index contributed by atoms with van der Waals surface area (Å²) in [4.78, 5) is 13.8. The highest BCUT2D eigenvalue weighted by atomic mass is 16.1. The summed E-state index contributed by atoms with van der Waals surface area (Å²) >= 11 is 0. The summed E-state index contributed by atoms with van der Waals surface area (Å²) in [5.41, 5.74) is 1.09. The highest BCUT2D eigenvalue weighted by Crippen LogP contribution is 2.16. The van der Waals surface area contributed by atoms with Crippen molar-refractivity contribution in [1.29, 1.82) is 0 Å². The van der Waals surface area contributed by atoms with E-state index in [1.807, 2.05) is 24.3 Å². The lowest BCUT2D eigenvalue weighted by Gasteiger charge is -1.90. The Kier molecular flexibility index (Phi) is 1.50. The summed E-state index contributed by atoms with van der Waals surface area (Å²) in [7, 11) is 5.17. The quantitative estimate of drug-likeness (QED) is 0.621. The third-order valence-corrected chi connectivity index (χ3v) is 1.85. The zero-order chi connectivity index (χ0) is 8.55. The summed E-state index contributed by atoms with van der Waals surface area (Å²) in [6, 6.07) is 7.56. The summed E-state index contributed by atoms with van der Waals surface area (Å²) in [5, 5.41) is 0.880. The molecule has 0 unspecified atom stereocenters. The molecular formula is C9H6BNO. The second-order valence-corrected chi connectivity index (χ2v) is 2.61. The van der Waals surface area contributed by atoms with Gasteiger partial charge in [-0.05, 0) is 6.07 Å². The van der Waals surface area contributed by atoms with E-state index < -0.39 is 5.68 Å². The highest BCUT2D eigenvalue weighted by Gasteiger charge is 2.04. The number of aromatic amines is 1. The average molecular weight is 155 g/mol. The van der Waals surface area contributed by atoms with Gasteiger partial charge in [0.15, 0.2) is 7.85 Å². The molecule has 0 spiro atoms. The van der Waals surface area contributed by atoms with E-state index in [0.717, 1.165) is 10.9 Å². The Hall–Kier alpha value is -1.51. The van der Waals surface area contributed by atoms with Crippen LogP contribution in [0.4, 0.5) is 0 Å². The molecule has 1 heterocycles. The number of benzene rings is 1. The molecule has 0 aliphatic carbocycles. The Morgan fingerprint density at radius 3 is 2.83 bits per heavy atom. The van der Waals surface area contributed by atoms with E-state index >= 15 is 0 Å². The predicted molar refractivity (Wildman–Crippen MR) is 48.4 cm³/mol. The minimum absolute atomic E-state index is 0.396. The van der Waals surface area contributed by atoms with Crippen LogP contribution < -0.4 is 0 Å². The number of aromatic nitrogens is 1. The molecule has 0 saturated carbocycles. The Morgan fingerprint density at radius 2 is 2.08 bits per heavy atom. The molecule has 0 atom stereocenters. The second kappa shape index (κ2) is 2.52. The maximum Gasteiger partial charge on any atom is 0.175 e. The molecule has 0 aliphatic heterocycles. The smallest absolute Gasteiger partial charge is 0.175 e. The van der Waals surface area contributed by atoms with Crippen molar-refractivity contribution in [2.24, 2.45) is 0 Å². The number of para-hydroxylation sites is 1. The van der Waals surface area contributed by atoms with Crippen LogP contribution in [0.5, 0.6) is 0 Å². The van der Waals surface area contributed by atoms with Gasteiger partial charge in [0.2, 0.25) is 0 Å². The van der Waals surface area contributed by atoms with Crippen molar-refractivity contribution in [3.8, 4) is 0 Å². The van der Waals surface area contributed by atoms with Gasteiger partial charge >= 0.3 is 0 Å². The molecule has 2 aromatic rings. The predicted octanol–water partition coefficient (Wildman–Crippen LogP) is 1.48. The van der Waals surface area contributed by atoms with E-state index in [1.54, 1.807) is 6.20 Å². The minimum atomic E-state index is -0.396. The largest absolute Gasteiger partial charge is 0.360 e. The van der Waals surface area contributed by atoms with E-state index in [9.17, 15) is 4.79 Å². The van der Waals surface area contributed by atoms with Gasteiger partial charge in [0.05, 0.1) is 0 Å². The molecule has 1 aromatic heterocycles. The van der Waals surface area contributed by atoms with Crippen LogP contribution in [0.15, 0.2) is 30.5 Å². The molecular weight excluding hydrogens is 149 g/mol. The van der Waals surface area contributed by atoms with E-state index in [1.165, 1.54) is 0 Å². The van der Waals surface area contributed by atoms with Gasteiger partial charge < -0.3 is 9.78 Å². The van der Waals surface area contributed by atoms with E-state index in [0.29, 0.717) is 5.56 Å². The fourth-order valence-corrected chi connectivity index (χ4v) is 1.28. The second-order valence-electron chi connectivity index (χ2n) is 2.61. The van der Waals surface area contributed by atoms with Crippen LogP contribution in [-0.4, -0.2) is 18.5 Å². The summed E-state index contributed by atoms with van der Waals surface area (Å²) < 4.78 is 0. The molecule has 0 bridgehead atoms. The number of H-pyrrole nitrogens is 1. The normalized spacial score (nSPS) is 10.3. The van der Waals surface area contributed by atoms with Gasteiger partial charge in [0, 0.05) is 22.7 Å². The number of hydrogen-bond acceptors (Lipinski definition) is 1. The maximum atomic E-state index is 10.9. The fraction of sp³-hybridized carbons (Fsp3) is 0. The summed E-state index contributed by atoms with van der Waals surface area (Å²) in [6.07, 6.45) is 1.63. The molecule has 2 radical (unpaired) electrons. The first-order valence-corrected chi connectivity index (χ1v) is 3.65. The van der Waals surface area contributed by atoms with Crippen molar-refractivity contribution in [3.05, 3.63) is 36.0 Å². The van der Waals surface area contributed by atoms with Crippen molar-refractivity contribution in [2.45, 2.75) is 0 Å². The van der Waals surface area contributed by atoms with E-state index in [4.69, 9.17) is 7.85 Å². The zero-order valence-corrected chi connectivity index (χ0v) is 6.37. The van der Waals surface area contributed by atoms with Crippen molar-refractivity contribution in [3.63, 3.8) is 0 Å². The van der Waals surface area contributed by atoms with Gasteiger partial charge in [-0.15, -0.1) is 0 Å². The monoisotopic (exact) mass is 155 g/mol. The standard InChI is InChI=1S/C9H6BNO/c10-9(12)7-5-11-8-4-2-1-3-6(7)8/h1-5,11H.